The molecule has 0 saturated carbocycles. The van der Waals surface area contributed by atoms with E-state index in [1.165, 1.54) is 0 Å². The summed E-state index contributed by atoms with van der Waals surface area (Å²) < 4.78 is 1.03. The van der Waals surface area contributed by atoms with Gasteiger partial charge in [-0.1, -0.05) is 24.3 Å². The van der Waals surface area contributed by atoms with E-state index >= 15 is 0 Å². The lowest BCUT2D eigenvalue weighted by Crippen LogP contribution is -1.80. The van der Waals surface area contributed by atoms with Crippen molar-refractivity contribution in [2.24, 2.45) is 0 Å². The van der Waals surface area contributed by atoms with E-state index in [1.54, 1.807) is 0 Å². The molecule has 0 aromatic heterocycles. The maximum absolute atomic E-state index is 4.38. The summed E-state index contributed by atoms with van der Waals surface area (Å²) >= 11 is 12.2. The Morgan fingerprint density at radius 3 is 2.20 bits per heavy atom. The van der Waals surface area contributed by atoms with Crippen LogP contribution in [0.5, 0.6) is 0 Å². The Balaban J connectivity index is 2.54. The van der Waals surface area contributed by atoms with E-state index in [4.69, 9.17) is 0 Å². The van der Waals surface area contributed by atoms with Crippen molar-refractivity contribution in [1.82, 2.24) is 0 Å². The molecular formula is C12H9BrS2. The van der Waals surface area contributed by atoms with Crippen molar-refractivity contribution in [2.75, 3.05) is 0 Å². The Hall–Kier alpha value is -0.380. The second-order valence-electron chi connectivity index (χ2n) is 3.19. The molecule has 0 nitrogen and oxygen atoms in total. The highest BCUT2D eigenvalue weighted by Crippen LogP contribution is 2.32. The second-order valence-corrected chi connectivity index (χ2v) is 4.98. The van der Waals surface area contributed by atoms with Crippen molar-refractivity contribution in [1.29, 1.82) is 0 Å². The monoisotopic (exact) mass is 296 g/mol. The van der Waals surface area contributed by atoms with E-state index < -0.39 is 0 Å². The molecule has 0 amide bonds. The van der Waals surface area contributed by atoms with Crippen molar-refractivity contribution in [3.05, 3.63) is 46.9 Å². The number of halogens is 1. The smallest absolute Gasteiger partial charge is 0.0387 e. The average Bonchev–Trinajstić information content (AvgIpc) is 2.24. The van der Waals surface area contributed by atoms with Crippen LogP contribution in [0.1, 0.15) is 0 Å². The van der Waals surface area contributed by atoms with E-state index in [0.29, 0.717) is 0 Å². The normalized spacial score (nSPS) is 10.3. The fourth-order valence-corrected chi connectivity index (χ4v) is 2.23. The van der Waals surface area contributed by atoms with Gasteiger partial charge >= 0.3 is 0 Å². The zero-order valence-electron chi connectivity index (χ0n) is 7.81. The van der Waals surface area contributed by atoms with Crippen LogP contribution < -0.4 is 0 Å². The summed E-state index contributed by atoms with van der Waals surface area (Å²) in [6.45, 7) is 0. The van der Waals surface area contributed by atoms with E-state index in [9.17, 15) is 0 Å². The summed E-state index contributed by atoms with van der Waals surface area (Å²) in [7, 11) is 0. The van der Waals surface area contributed by atoms with Crippen LogP contribution in [-0.4, -0.2) is 0 Å². The van der Waals surface area contributed by atoms with Gasteiger partial charge in [0.15, 0.2) is 0 Å². The van der Waals surface area contributed by atoms with Gasteiger partial charge in [0, 0.05) is 14.3 Å². The second kappa shape index (κ2) is 4.64. The molecule has 3 heteroatoms. The van der Waals surface area contributed by atoms with Crippen LogP contribution in [0.4, 0.5) is 0 Å². The number of benzene rings is 2. The molecule has 2 rings (SSSR count). The van der Waals surface area contributed by atoms with Gasteiger partial charge in [0.2, 0.25) is 0 Å². The molecule has 0 fully saturated rings. The average molecular weight is 297 g/mol. The zero-order valence-corrected chi connectivity index (χ0v) is 11.2. The van der Waals surface area contributed by atoms with Crippen molar-refractivity contribution in [2.45, 2.75) is 9.79 Å². The molecular weight excluding hydrogens is 288 g/mol. The van der Waals surface area contributed by atoms with Crippen LogP contribution in [0.15, 0.2) is 56.7 Å². The molecule has 0 aliphatic carbocycles. The molecule has 0 spiro atoms. The standard InChI is InChI=1S/C12H9BrS2/c13-12-10(2-1-3-11(12)15)8-4-6-9(14)7-5-8/h1-7,14-15H. The van der Waals surface area contributed by atoms with Crippen LogP contribution >= 0.6 is 41.2 Å². The molecule has 0 radical (unpaired) electrons. The lowest BCUT2D eigenvalue weighted by molar-refractivity contribution is 1.40. The number of rotatable bonds is 1. The van der Waals surface area contributed by atoms with Crippen LogP contribution in [0.3, 0.4) is 0 Å². The minimum absolute atomic E-state index is 0.947. The molecule has 15 heavy (non-hydrogen) atoms. The van der Waals surface area contributed by atoms with Gasteiger partial charge in [0.1, 0.15) is 0 Å². The van der Waals surface area contributed by atoms with E-state index in [-0.39, 0.29) is 0 Å². The van der Waals surface area contributed by atoms with Crippen LogP contribution in [0, 0.1) is 0 Å². The predicted octanol–water partition coefficient (Wildman–Crippen LogP) is 4.69. The van der Waals surface area contributed by atoms with Gasteiger partial charge in [-0.15, -0.1) is 25.3 Å². The van der Waals surface area contributed by atoms with E-state index in [1.807, 2.05) is 24.3 Å². The molecule has 0 atom stereocenters. The molecule has 0 heterocycles. The Morgan fingerprint density at radius 1 is 0.867 bits per heavy atom. The third-order valence-corrected chi connectivity index (χ3v) is 3.99. The van der Waals surface area contributed by atoms with E-state index in [2.05, 4.69) is 59.4 Å². The first-order valence-corrected chi connectivity index (χ1v) is 6.14. The van der Waals surface area contributed by atoms with Crippen LogP contribution in [0.25, 0.3) is 11.1 Å². The molecule has 2 aromatic rings. The summed E-state index contributed by atoms with van der Waals surface area (Å²) in [6, 6.07) is 14.1. The Kier molecular flexibility index (Phi) is 3.44. The molecule has 0 aliphatic heterocycles. The largest absolute Gasteiger partial charge is 0.143 e. The highest BCUT2D eigenvalue weighted by atomic mass is 79.9. The summed E-state index contributed by atoms with van der Waals surface area (Å²) in [4.78, 5) is 1.92. The maximum Gasteiger partial charge on any atom is 0.0387 e. The lowest BCUT2D eigenvalue weighted by atomic mass is 10.1. The van der Waals surface area contributed by atoms with Crippen LogP contribution in [0.2, 0.25) is 0 Å². The number of thiol groups is 2. The number of hydrogen-bond acceptors (Lipinski definition) is 2. The summed E-state index contributed by atoms with van der Waals surface area (Å²) in [5.74, 6) is 0. The summed E-state index contributed by atoms with van der Waals surface area (Å²) in [5.41, 5.74) is 2.31. The van der Waals surface area contributed by atoms with Crippen molar-refractivity contribution < 1.29 is 0 Å². The highest BCUT2D eigenvalue weighted by Gasteiger charge is 2.04. The Morgan fingerprint density at radius 2 is 1.53 bits per heavy atom. The zero-order chi connectivity index (χ0) is 10.8. The van der Waals surface area contributed by atoms with Crippen molar-refractivity contribution in [3.8, 4) is 11.1 Å². The first-order valence-electron chi connectivity index (χ1n) is 4.45. The molecule has 0 saturated heterocycles. The fraction of sp³-hybridized carbons (Fsp3) is 0. The summed E-state index contributed by atoms with van der Waals surface area (Å²) in [6.07, 6.45) is 0. The lowest BCUT2D eigenvalue weighted by Gasteiger charge is -2.06. The van der Waals surface area contributed by atoms with Gasteiger partial charge in [-0.3, -0.25) is 0 Å². The third-order valence-electron chi connectivity index (χ3n) is 2.16. The predicted molar refractivity (Wildman–Crippen MR) is 74.1 cm³/mol. The quantitative estimate of drug-likeness (QED) is 0.701. The molecule has 0 unspecified atom stereocenters. The maximum atomic E-state index is 4.38. The highest BCUT2D eigenvalue weighted by molar-refractivity contribution is 9.10. The van der Waals surface area contributed by atoms with Gasteiger partial charge in [0.25, 0.3) is 0 Å². The third kappa shape index (κ3) is 2.41. The van der Waals surface area contributed by atoms with Gasteiger partial charge in [-0.2, -0.15) is 0 Å². The van der Waals surface area contributed by atoms with Gasteiger partial charge in [0.05, 0.1) is 0 Å². The first-order chi connectivity index (χ1) is 7.18. The molecule has 0 bridgehead atoms. The van der Waals surface area contributed by atoms with Crippen molar-refractivity contribution in [3.63, 3.8) is 0 Å². The van der Waals surface area contributed by atoms with Gasteiger partial charge in [-0.25, -0.2) is 0 Å². The van der Waals surface area contributed by atoms with Crippen LogP contribution in [-0.2, 0) is 0 Å². The van der Waals surface area contributed by atoms with Gasteiger partial charge < -0.3 is 0 Å². The van der Waals surface area contributed by atoms with E-state index in [0.717, 1.165) is 25.4 Å². The first kappa shape index (κ1) is 11.1. The minimum Gasteiger partial charge on any atom is -0.143 e. The Bertz CT molecular complexity index is 477. The Labute approximate surface area is 109 Å². The molecule has 0 aliphatic rings. The molecule has 76 valence electrons. The minimum atomic E-state index is 0.947. The molecule has 2 aromatic carbocycles. The molecule has 0 N–H and O–H groups in total. The SMILES string of the molecule is Sc1ccc(-c2cccc(S)c2Br)cc1. The fourth-order valence-electron chi connectivity index (χ4n) is 1.38. The van der Waals surface area contributed by atoms with Gasteiger partial charge in [-0.05, 0) is 45.3 Å². The number of hydrogen-bond donors (Lipinski definition) is 2. The topological polar surface area (TPSA) is 0 Å². The van der Waals surface area contributed by atoms with Crippen molar-refractivity contribution >= 4 is 41.2 Å². The summed E-state index contributed by atoms with van der Waals surface area (Å²) in [5, 5.41) is 0.